The number of cyclic esters (lactones) is 1. The molecule has 0 aliphatic carbocycles. The number of benzene rings is 1. The van der Waals surface area contributed by atoms with Crippen LogP contribution in [0.25, 0.3) is 0 Å². The lowest BCUT2D eigenvalue weighted by atomic mass is 9.91. The predicted molar refractivity (Wildman–Crippen MR) is 81.0 cm³/mol. The number of nitrogens with one attached hydrogen (secondary N) is 1. The summed E-state index contributed by atoms with van der Waals surface area (Å²) in [6.45, 7) is 1.99. The highest BCUT2D eigenvalue weighted by Gasteiger charge is 2.71. The molecular formula is C15H14F3NO6S. The molecule has 0 saturated heterocycles. The summed E-state index contributed by atoms with van der Waals surface area (Å²) in [6, 6.07) is 6.10. The molecule has 1 aliphatic rings. The average Bonchev–Trinajstić information content (AvgIpc) is 2.79. The molecule has 0 fully saturated rings. The number of allylic oxidation sites excluding steroid dienone is 1. The molecule has 0 bridgehead atoms. The van der Waals surface area contributed by atoms with Crippen LogP contribution < -0.4 is 4.72 Å². The summed E-state index contributed by atoms with van der Waals surface area (Å²) in [5.74, 6) is -4.18. The standard InChI is InChI=1S/C15H14F3NO6S/c1-3-24-12(20)11-9(2)25-13(21)14(11,15(16,17)18)19-26(22,23)10-7-5-4-6-8-10/h4-8,19H,3H2,1-2H3/t14-/m0/s1. The fourth-order valence-electron chi connectivity index (χ4n) is 2.40. The maximum Gasteiger partial charge on any atom is 0.423 e. The Hall–Kier alpha value is -2.40. The largest absolute Gasteiger partial charge is 0.462 e. The molecule has 0 unspecified atom stereocenters. The van der Waals surface area contributed by atoms with E-state index in [4.69, 9.17) is 0 Å². The maximum absolute atomic E-state index is 13.9. The van der Waals surface area contributed by atoms with Crippen molar-refractivity contribution in [1.29, 1.82) is 0 Å². The summed E-state index contributed by atoms with van der Waals surface area (Å²) in [6.07, 6.45) is -5.51. The smallest absolute Gasteiger partial charge is 0.423 e. The number of ether oxygens (including phenoxy) is 2. The van der Waals surface area contributed by atoms with Crippen molar-refractivity contribution in [2.24, 2.45) is 0 Å². The zero-order chi connectivity index (χ0) is 19.8. The lowest BCUT2D eigenvalue weighted by Crippen LogP contribution is -2.64. The van der Waals surface area contributed by atoms with Gasteiger partial charge in [-0.2, -0.15) is 17.9 Å². The van der Waals surface area contributed by atoms with Crippen LogP contribution in [0.15, 0.2) is 46.6 Å². The maximum atomic E-state index is 13.9. The van der Waals surface area contributed by atoms with E-state index in [0.717, 1.165) is 19.1 Å². The number of carbonyl (C=O) groups is 2. The van der Waals surface area contributed by atoms with Crippen molar-refractivity contribution in [3.63, 3.8) is 0 Å². The monoisotopic (exact) mass is 393 g/mol. The Kier molecular flexibility index (Phi) is 5.15. The molecule has 0 radical (unpaired) electrons. The van der Waals surface area contributed by atoms with E-state index in [-0.39, 0.29) is 6.61 Å². The Morgan fingerprint density at radius 3 is 2.35 bits per heavy atom. The first-order valence-corrected chi connectivity index (χ1v) is 8.72. The van der Waals surface area contributed by atoms with Gasteiger partial charge in [-0.15, -0.1) is 0 Å². The predicted octanol–water partition coefficient (Wildman–Crippen LogP) is 1.66. The van der Waals surface area contributed by atoms with E-state index in [0.29, 0.717) is 0 Å². The van der Waals surface area contributed by atoms with Crippen molar-refractivity contribution in [2.75, 3.05) is 6.61 Å². The third-order valence-electron chi connectivity index (χ3n) is 3.52. The van der Waals surface area contributed by atoms with Gasteiger partial charge in [-0.1, -0.05) is 18.2 Å². The first-order chi connectivity index (χ1) is 12.0. The normalized spacial score (nSPS) is 20.9. The number of alkyl halides is 3. The summed E-state index contributed by atoms with van der Waals surface area (Å²) in [5.41, 5.74) is -5.16. The van der Waals surface area contributed by atoms with Gasteiger partial charge in [0.2, 0.25) is 10.0 Å². The van der Waals surface area contributed by atoms with Gasteiger partial charge in [0.1, 0.15) is 11.3 Å². The molecule has 1 aromatic rings. The lowest BCUT2D eigenvalue weighted by Gasteiger charge is -2.30. The van der Waals surface area contributed by atoms with Gasteiger partial charge in [-0.3, -0.25) is 0 Å². The third-order valence-corrected chi connectivity index (χ3v) is 4.99. The van der Waals surface area contributed by atoms with Crippen LogP contribution in [0, 0.1) is 0 Å². The molecule has 0 aromatic heterocycles. The second-order valence-corrected chi connectivity index (χ2v) is 6.89. The van der Waals surface area contributed by atoms with Gasteiger partial charge in [0.25, 0.3) is 5.54 Å². The van der Waals surface area contributed by atoms with E-state index in [2.05, 4.69) is 9.47 Å². The Bertz CT molecular complexity index is 863. The third kappa shape index (κ3) is 3.19. The molecule has 0 spiro atoms. The zero-order valence-electron chi connectivity index (χ0n) is 13.6. The van der Waals surface area contributed by atoms with Crippen LogP contribution in [0.5, 0.6) is 0 Å². The minimum atomic E-state index is -5.51. The molecule has 2 rings (SSSR count). The number of esters is 2. The van der Waals surface area contributed by atoms with Crippen molar-refractivity contribution < 1.29 is 40.7 Å². The molecule has 26 heavy (non-hydrogen) atoms. The van der Waals surface area contributed by atoms with Crippen LogP contribution in [-0.4, -0.2) is 38.7 Å². The van der Waals surface area contributed by atoms with Crippen molar-refractivity contribution >= 4 is 22.0 Å². The fraction of sp³-hybridized carbons (Fsp3) is 0.333. The second kappa shape index (κ2) is 6.72. The van der Waals surface area contributed by atoms with Gasteiger partial charge < -0.3 is 9.47 Å². The van der Waals surface area contributed by atoms with E-state index in [1.54, 1.807) is 0 Å². The van der Waals surface area contributed by atoms with E-state index < -0.39 is 49.9 Å². The number of sulfonamides is 1. The minimum absolute atomic E-state index is 0.289. The highest BCUT2D eigenvalue weighted by Crippen LogP contribution is 2.44. The van der Waals surface area contributed by atoms with Crippen molar-refractivity contribution in [3.05, 3.63) is 41.7 Å². The molecule has 1 atom stereocenters. The van der Waals surface area contributed by atoms with Crippen molar-refractivity contribution in [1.82, 2.24) is 4.72 Å². The molecule has 0 saturated carbocycles. The molecule has 142 valence electrons. The first-order valence-electron chi connectivity index (χ1n) is 7.24. The lowest BCUT2D eigenvalue weighted by molar-refractivity contribution is -0.195. The van der Waals surface area contributed by atoms with Gasteiger partial charge in [-0.25, -0.2) is 18.0 Å². The molecule has 11 heteroatoms. The summed E-state index contributed by atoms with van der Waals surface area (Å²) < 4.78 is 76.8. The van der Waals surface area contributed by atoms with Crippen molar-refractivity contribution in [2.45, 2.75) is 30.5 Å². The van der Waals surface area contributed by atoms with Crippen LogP contribution in [0.4, 0.5) is 13.2 Å². The Morgan fingerprint density at radius 2 is 1.85 bits per heavy atom. The molecule has 1 N–H and O–H groups in total. The number of hydrogen-bond acceptors (Lipinski definition) is 6. The average molecular weight is 393 g/mol. The molecule has 1 aromatic carbocycles. The summed E-state index contributed by atoms with van der Waals surface area (Å²) >= 11 is 0. The molecular weight excluding hydrogens is 379 g/mol. The molecule has 1 aliphatic heterocycles. The highest BCUT2D eigenvalue weighted by atomic mass is 32.2. The summed E-state index contributed by atoms with van der Waals surface area (Å²) in [4.78, 5) is 23.6. The van der Waals surface area contributed by atoms with Crippen LogP contribution in [-0.2, 0) is 29.1 Å². The Morgan fingerprint density at radius 1 is 1.27 bits per heavy atom. The van der Waals surface area contributed by atoms with Gasteiger partial charge in [0.05, 0.1) is 11.5 Å². The van der Waals surface area contributed by atoms with E-state index in [9.17, 15) is 31.2 Å². The van der Waals surface area contributed by atoms with Gasteiger partial charge in [0, 0.05) is 0 Å². The van der Waals surface area contributed by atoms with E-state index in [1.165, 1.54) is 29.8 Å². The van der Waals surface area contributed by atoms with E-state index in [1.807, 2.05) is 0 Å². The van der Waals surface area contributed by atoms with Crippen LogP contribution in [0.1, 0.15) is 13.8 Å². The second-order valence-electron chi connectivity index (χ2n) is 5.21. The van der Waals surface area contributed by atoms with Gasteiger partial charge in [-0.05, 0) is 26.0 Å². The summed E-state index contributed by atoms with van der Waals surface area (Å²) in [5, 5.41) is 0. The zero-order valence-corrected chi connectivity index (χ0v) is 14.4. The Balaban J connectivity index is 2.66. The summed E-state index contributed by atoms with van der Waals surface area (Å²) in [7, 11) is -4.84. The number of carbonyl (C=O) groups excluding carboxylic acids is 2. The number of hydrogen-bond donors (Lipinski definition) is 1. The number of rotatable bonds is 5. The van der Waals surface area contributed by atoms with Gasteiger partial charge in [0.15, 0.2) is 0 Å². The quantitative estimate of drug-likeness (QED) is 0.764. The minimum Gasteiger partial charge on any atom is -0.462 e. The first kappa shape index (κ1) is 19.9. The fourth-order valence-corrected chi connectivity index (χ4v) is 3.74. The topological polar surface area (TPSA) is 98.8 Å². The van der Waals surface area contributed by atoms with Gasteiger partial charge >= 0.3 is 18.1 Å². The van der Waals surface area contributed by atoms with Crippen LogP contribution in [0.3, 0.4) is 0 Å². The van der Waals surface area contributed by atoms with Crippen LogP contribution >= 0.6 is 0 Å². The molecule has 0 amide bonds. The molecule has 7 nitrogen and oxygen atoms in total. The molecule has 1 heterocycles. The van der Waals surface area contributed by atoms with E-state index >= 15 is 0 Å². The van der Waals surface area contributed by atoms with Crippen LogP contribution in [0.2, 0.25) is 0 Å². The SMILES string of the molecule is CCOC(=O)C1=C(C)OC(=O)[C@]1(NS(=O)(=O)c1ccccc1)C(F)(F)F. The number of halogens is 3. The highest BCUT2D eigenvalue weighted by molar-refractivity contribution is 7.89. The Labute approximate surface area is 146 Å². The van der Waals surface area contributed by atoms with Crippen molar-refractivity contribution in [3.8, 4) is 0 Å².